The number of hydrogen-bond donors (Lipinski definition) is 1. The molecule has 1 atom stereocenters. The molecule has 118 valence electrons. The molecular weight excluding hydrogens is 246 g/mol. The average molecular weight is 281 g/mol. The standard InChI is InChI=1S/C17H35N3/c1-15(2)18-13-17(8-5-6-9-17)14-20-11-7-10-19(4)12-16(20)3/h15-16,18H,5-14H2,1-4H3. The van der Waals surface area contributed by atoms with Gasteiger partial charge < -0.3 is 10.2 Å². The van der Waals surface area contributed by atoms with E-state index in [1.165, 1.54) is 64.8 Å². The first-order valence-corrected chi connectivity index (χ1v) is 8.67. The zero-order valence-electron chi connectivity index (χ0n) is 14.1. The summed E-state index contributed by atoms with van der Waals surface area (Å²) in [6.45, 7) is 13.3. The van der Waals surface area contributed by atoms with E-state index in [2.05, 4.69) is 42.9 Å². The Morgan fingerprint density at radius 1 is 1.15 bits per heavy atom. The summed E-state index contributed by atoms with van der Waals surface area (Å²) < 4.78 is 0. The molecular formula is C17H35N3. The molecule has 1 aliphatic carbocycles. The number of hydrogen-bond acceptors (Lipinski definition) is 3. The topological polar surface area (TPSA) is 18.5 Å². The predicted octanol–water partition coefficient (Wildman–Crippen LogP) is 2.57. The molecule has 0 spiro atoms. The maximum absolute atomic E-state index is 3.72. The van der Waals surface area contributed by atoms with Crippen LogP contribution in [-0.2, 0) is 0 Å². The van der Waals surface area contributed by atoms with E-state index in [1.807, 2.05) is 0 Å². The van der Waals surface area contributed by atoms with Crippen LogP contribution in [0.15, 0.2) is 0 Å². The zero-order chi connectivity index (χ0) is 14.6. The molecule has 3 heteroatoms. The van der Waals surface area contributed by atoms with E-state index in [-0.39, 0.29) is 0 Å². The van der Waals surface area contributed by atoms with Crippen molar-refractivity contribution < 1.29 is 0 Å². The van der Waals surface area contributed by atoms with Gasteiger partial charge in [-0.15, -0.1) is 0 Å². The van der Waals surface area contributed by atoms with Gasteiger partial charge in [0.2, 0.25) is 0 Å². The van der Waals surface area contributed by atoms with Gasteiger partial charge in [-0.2, -0.15) is 0 Å². The highest BCUT2D eigenvalue weighted by atomic mass is 15.2. The highest BCUT2D eigenvalue weighted by Crippen LogP contribution is 2.39. The Bertz CT molecular complexity index is 284. The average Bonchev–Trinajstić information content (AvgIpc) is 2.78. The third-order valence-corrected chi connectivity index (χ3v) is 5.27. The Morgan fingerprint density at radius 2 is 1.85 bits per heavy atom. The first kappa shape index (κ1) is 16.3. The minimum atomic E-state index is 0.543. The van der Waals surface area contributed by atoms with Gasteiger partial charge in [-0.1, -0.05) is 26.7 Å². The second kappa shape index (κ2) is 7.24. The molecule has 0 bridgehead atoms. The van der Waals surface area contributed by atoms with Crippen LogP contribution < -0.4 is 5.32 Å². The lowest BCUT2D eigenvalue weighted by molar-refractivity contribution is 0.114. The largest absolute Gasteiger partial charge is 0.314 e. The van der Waals surface area contributed by atoms with Gasteiger partial charge >= 0.3 is 0 Å². The number of rotatable bonds is 5. The summed E-state index contributed by atoms with van der Waals surface area (Å²) >= 11 is 0. The highest BCUT2D eigenvalue weighted by Gasteiger charge is 2.36. The number of nitrogens with zero attached hydrogens (tertiary/aromatic N) is 2. The zero-order valence-corrected chi connectivity index (χ0v) is 14.1. The van der Waals surface area contributed by atoms with Crippen molar-refractivity contribution in [3.05, 3.63) is 0 Å². The van der Waals surface area contributed by atoms with E-state index in [4.69, 9.17) is 0 Å². The van der Waals surface area contributed by atoms with Crippen LogP contribution >= 0.6 is 0 Å². The predicted molar refractivity (Wildman–Crippen MR) is 87.2 cm³/mol. The molecule has 20 heavy (non-hydrogen) atoms. The normalized spacial score (nSPS) is 28.9. The quantitative estimate of drug-likeness (QED) is 0.835. The van der Waals surface area contributed by atoms with Crippen molar-refractivity contribution in [3.8, 4) is 0 Å². The van der Waals surface area contributed by atoms with Crippen molar-refractivity contribution in [1.29, 1.82) is 0 Å². The smallest absolute Gasteiger partial charge is 0.0195 e. The lowest BCUT2D eigenvalue weighted by atomic mass is 9.84. The first-order chi connectivity index (χ1) is 9.51. The maximum atomic E-state index is 3.72. The SMILES string of the molecule is CC(C)NCC1(CN2CCCN(C)CC2C)CCCC1. The van der Waals surface area contributed by atoms with E-state index in [0.29, 0.717) is 17.5 Å². The first-order valence-electron chi connectivity index (χ1n) is 8.67. The molecule has 3 nitrogen and oxygen atoms in total. The van der Waals surface area contributed by atoms with Gasteiger partial charge in [0, 0.05) is 31.7 Å². The van der Waals surface area contributed by atoms with Crippen molar-refractivity contribution in [2.75, 3.05) is 39.8 Å². The van der Waals surface area contributed by atoms with Gasteiger partial charge in [-0.05, 0) is 51.7 Å². The molecule has 1 unspecified atom stereocenters. The number of likely N-dealkylation sites (N-methyl/N-ethyl adjacent to an activating group) is 1. The molecule has 1 saturated heterocycles. The second-order valence-corrected chi connectivity index (χ2v) is 7.68. The van der Waals surface area contributed by atoms with E-state index in [0.717, 1.165) is 0 Å². The van der Waals surface area contributed by atoms with Crippen LogP contribution in [0.4, 0.5) is 0 Å². The molecule has 1 aliphatic heterocycles. The monoisotopic (exact) mass is 281 g/mol. The molecule has 2 fully saturated rings. The fourth-order valence-electron chi connectivity index (χ4n) is 4.02. The van der Waals surface area contributed by atoms with Gasteiger partial charge in [0.15, 0.2) is 0 Å². The molecule has 2 rings (SSSR count). The lowest BCUT2D eigenvalue weighted by Crippen LogP contribution is -2.48. The van der Waals surface area contributed by atoms with Crippen molar-refractivity contribution in [2.24, 2.45) is 5.41 Å². The van der Waals surface area contributed by atoms with Crippen LogP contribution in [0.5, 0.6) is 0 Å². The van der Waals surface area contributed by atoms with E-state index < -0.39 is 0 Å². The van der Waals surface area contributed by atoms with Gasteiger partial charge in [0.25, 0.3) is 0 Å². The summed E-state index contributed by atoms with van der Waals surface area (Å²) in [5.41, 5.74) is 0.543. The third-order valence-electron chi connectivity index (χ3n) is 5.27. The van der Waals surface area contributed by atoms with Crippen LogP contribution in [0.1, 0.15) is 52.9 Å². The van der Waals surface area contributed by atoms with Crippen molar-refractivity contribution in [2.45, 2.75) is 65.0 Å². The summed E-state index contributed by atoms with van der Waals surface area (Å²) in [6.07, 6.45) is 7.04. The maximum Gasteiger partial charge on any atom is 0.0195 e. The van der Waals surface area contributed by atoms with Gasteiger partial charge in [0.1, 0.15) is 0 Å². The molecule has 2 aliphatic rings. The molecule has 0 aromatic heterocycles. The van der Waals surface area contributed by atoms with Gasteiger partial charge in [-0.3, -0.25) is 4.90 Å². The van der Waals surface area contributed by atoms with E-state index in [9.17, 15) is 0 Å². The fraction of sp³-hybridized carbons (Fsp3) is 1.00. The minimum Gasteiger partial charge on any atom is -0.314 e. The molecule has 1 heterocycles. The Kier molecular flexibility index (Phi) is 5.88. The third kappa shape index (κ3) is 4.44. The molecule has 1 saturated carbocycles. The Labute approximate surface area is 126 Å². The summed E-state index contributed by atoms with van der Waals surface area (Å²) in [6, 6.07) is 1.32. The molecule has 1 N–H and O–H groups in total. The van der Waals surface area contributed by atoms with Crippen LogP contribution in [0.25, 0.3) is 0 Å². The van der Waals surface area contributed by atoms with Crippen LogP contribution in [-0.4, -0.2) is 61.7 Å². The van der Waals surface area contributed by atoms with Gasteiger partial charge in [0.05, 0.1) is 0 Å². The van der Waals surface area contributed by atoms with E-state index in [1.54, 1.807) is 0 Å². The Hall–Kier alpha value is -0.120. The van der Waals surface area contributed by atoms with Crippen LogP contribution in [0, 0.1) is 5.41 Å². The lowest BCUT2D eigenvalue weighted by Gasteiger charge is -2.38. The van der Waals surface area contributed by atoms with Gasteiger partial charge in [-0.25, -0.2) is 0 Å². The Balaban J connectivity index is 1.96. The van der Waals surface area contributed by atoms with Crippen molar-refractivity contribution in [1.82, 2.24) is 15.1 Å². The summed E-state index contributed by atoms with van der Waals surface area (Å²) in [4.78, 5) is 5.27. The number of nitrogens with one attached hydrogen (secondary N) is 1. The van der Waals surface area contributed by atoms with E-state index >= 15 is 0 Å². The van der Waals surface area contributed by atoms with Crippen LogP contribution in [0.3, 0.4) is 0 Å². The molecule has 0 aromatic rings. The summed E-state index contributed by atoms with van der Waals surface area (Å²) in [5, 5.41) is 3.72. The van der Waals surface area contributed by atoms with Crippen molar-refractivity contribution >= 4 is 0 Å². The Morgan fingerprint density at radius 3 is 2.50 bits per heavy atom. The summed E-state index contributed by atoms with van der Waals surface area (Å²) in [5.74, 6) is 0. The fourth-order valence-corrected chi connectivity index (χ4v) is 4.02. The highest BCUT2D eigenvalue weighted by molar-refractivity contribution is 4.91. The molecule has 0 aromatic carbocycles. The summed E-state index contributed by atoms with van der Waals surface area (Å²) in [7, 11) is 2.27. The minimum absolute atomic E-state index is 0.543. The molecule has 0 radical (unpaired) electrons. The molecule has 0 amide bonds. The van der Waals surface area contributed by atoms with Crippen LogP contribution in [0.2, 0.25) is 0 Å². The second-order valence-electron chi connectivity index (χ2n) is 7.68. The van der Waals surface area contributed by atoms with Crippen molar-refractivity contribution in [3.63, 3.8) is 0 Å².